The van der Waals surface area contributed by atoms with Crippen LogP contribution in [0.4, 0.5) is 17.2 Å². The lowest BCUT2D eigenvalue weighted by atomic mass is 10.3. The third-order valence-corrected chi connectivity index (χ3v) is 2.77. The molecule has 3 N–H and O–H groups in total. The van der Waals surface area contributed by atoms with E-state index in [1.54, 1.807) is 11.6 Å². The Morgan fingerprint density at radius 3 is 2.83 bits per heavy atom. The lowest BCUT2D eigenvalue weighted by Crippen LogP contribution is -2.04. The van der Waals surface area contributed by atoms with Crippen molar-refractivity contribution in [2.45, 2.75) is 20.3 Å². The fourth-order valence-corrected chi connectivity index (χ4v) is 1.88. The van der Waals surface area contributed by atoms with E-state index in [9.17, 15) is 0 Å². The van der Waals surface area contributed by atoms with Gasteiger partial charge in [-0.3, -0.25) is 4.68 Å². The molecule has 0 saturated carbocycles. The zero-order valence-electron chi connectivity index (χ0n) is 10.5. The Labute approximate surface area is 110 Å². The summed E-state index contributed by atoms with van der Waals surface area (Å²) in [4.78, 5) is 8.09. The fourth-order valence-electron chi connectivity index (χ4n) is 1.67. The van der Waals surface area contributed by atoms with Crippen LogP contribution in [0.1, 0.15) is 18.3 Å². The molecule has 2 rings (SSSR count). The van der Waals surface area contributed by atoms with Crippen LogP contribution in [0.15, 0.2) is 6.20 Å². The van der Waals surface area contributed by atoms with Crippen molar-refractivity contribution in [3.05, 3.63) is 22.9 Å². The average molecular weight is 267 g/mol. The summed E-state index contributed by atoms with van der Waals surface area (Å²) in [6.07, 6.45) is 2.70. The van der Waals surface area contributed by atoms with Gasteiger partial charge in [0.25, 0.3) is 0 Å². The number of halogens is 1. The first-order valence-electron chi connectivity index (χ1n) is 5.60. The predicted molar refractivity (Wildman–Crippen MR) is 72.1 cm³/mol. The first-order chi connectivity index (χ1) is 8.51. The fraction of sp³-hybridized carbons (Fsp3) is 0.364. The number of nitrogen functional groups attached to an aromatic ring is 1. The molecule has 0 aliphatic rings. The van der Waals surface area contributed by atoms with Gasteiger partial charge in [-0.1, -0.05) is 6.92 Å². The van der Waals surface area contributed by atoms with E-state index < -0.39 is 0 Å². The predicted octanol–water partition coefficient (Wildman–Crippen LogP) is 2.06. The molecule has 0 aliphatic carbocycles. The number of hydrogen-bond donors (Lipinski definition) is 2. The maximum absolute atomic E-state index is 5.92. The van der Waals surface area contributed by atoms with Crippen molar-refractivity contribution in [1.29, 1.82) is 0 Å². The van der Waals surface area contributed by atoms with Crippen LogP contribution in [0.25, 0.3) is 0 Å². The summed E-state index contributed by atoms with van der Waals surface area (Å²) in [6.45, 7) is 3.83. The van der Waals surface area contributed by atoms with Crippen molar-refractivity contribution >= 4 is 28.8 Å². The molecule has 0 bridgehead atoms. The number of hydrogen-bond acceptors (Lipinski definition) is 5. The highest BCUT2D eigenvalue weighted by Crippen LogP contribution is 2.26. The molecule has 2 heterocycles. The van der Waals surface area contributed by atoms with Gasteiger partial charge in [-0.15, -0.1) is 0 Å². The van der Waals surface area contributed by atoms with E-state index >= 15 is 0 Å². The molecule has 0 radical (unpaired) electrons. The van der Waals surface area contributed by atoms with Crippen LogP contribution in [0.2, 0.25) is 5.28 Å². The van der Waals surface area contributed by atoms with Crippen molar-refractivity contribution in [2.75, 3.05) is 11.1 Å². The zero-order chi connectivity index (χ0) is 13.3. The van der Waals surface area contributed by atoms with Crippen LogP contribution < -0.4 is 11.1 Å². The summed E-state index contributed by atoms with van der Waals surface area (Å²) in [5.74, 6) is 0.509. The number of aromatic nitrogens is 4. The summed E-state index contributed by atoms with van der Waals surface area (Å²) >= 11 is 5.83. The number of aryl methyl sites for hydroxylation is 3. The zero-order valence-corrected chi connectivity index (χ0v) is 11.3. The summed E-state index contributed by atoms with van der Waals surface area (Å²) in [5, 5.41) is 7.66. The third-order valence-electron chi connectivity index (χ3n) is 2.60. The van der Waals surface area contributed by atoms with E-state index in [2.05, 4.69) is 20.4 Å². The van der Waals surface area contributed by atoms with Crippen molar-refractivity contribution in [3.63, 3.8) is 0 Å². The molecule has 96 valence electrons. The van der Waals surface area contributed by atoms with Crippen LogP contribution >= 0.6 is 11.6 Å². The molecule has 0 atom stereocenters. The number of rotatable bonds is 3. The normalized spacial score (nSPS) is 10.7. The molecule has 0 aromatic carbocycles. The molecule has 18 heavy (non-hydrogen) atoms. The maximum atomic E-state index is 5.92. The highest BCUT2D eigenvalue weighted by Gasteiger charge is 2.11. The second-order valence-electron chi connectivity index (χ2n) is 3.98. The van der Waals surface area contributed by atoms with Crippen LogP contribution in [0.3, 0.4) is 0 Å². The van der Waals surface area contributed by atoms with Crippen LogP contribution in [0, 0.1) is 6.92 Å². The second kappa shape index (κ2) is 4.81. The van der Waals surface area contributed by atoms with E-state index in [-0.39, 0.29) is 5.28 Å². The average Bonchev–Trinajstić information content (AvgIpc) is 2.65. The van der Waals surface area contributed by atoms with Gasteiger partial charge in [-0.2, -0.15) is 10.1 Å². The number of anilines is 3. The first-order valence-corrected chi connectivity index (χ1v) is 5.98. The highest BCUT2D eigenvalue weighted by atomic mass is 35.5. The van der Waals surface area contributed by atoms with Gasteiger partial charge >= 0.3 is 0 Å². The number of nitrogens with zero attached hydrogens (tertiary/aromatic N) is 4. The molecule has 0 saturated heterocycles. The molecule has 7 heteroatoms. The minimum Gasteiger partial charge on any atom is -0.394 e. The van der Waals surface area contributed by atoms with E-state index in [0.717, 1.165) is 17.8 Å². The summed E-state index contributed by atoms with van der Waals surface area (Å²) in [6, 6.07) is 0. The summed E-state index contributed by atoms with van der Waals surface area (Å²) in [7, 11) is 1.87. The van der Waals surface area contributed by atoms with E-state index in [0.29, 0.717) is 17.2 Å². The maximum Gasteiger partial charge on any atom is 0.224 e. The van der Waals surface area contributed by atoms with Gasteiger partial charge in [-0.05, 0) is 24.9 Å². The highest BCUT2D eigenvalue weighted by molar-refractivity contribution is 6.28. The van der Waals surface area contributed by atoms with Gasteiger partial charge < -0.3 is 11.1 Å². The molecule has 0 amide bonds. The van der Waals surface area contributed by atoms with Gasteiger partial charge in [0.1, 0.15) is 0 Å². The molecule has 0 spiro atoms. The standard InChI is InChI=1S/C11H15ClN6/c1-4-7-8(5-18(3)17-7)15-10-9(13)6(2)14-11(12)16-10/h5H,4,13H2,1-3H3,(H,14,15,16). The van der Waals surface area contributed by atoms with Gasteiger partial charge in [0.2, 0.25) is 5.28 Å². The Hall–Kier alpha value is -1.82. The monoisotopic (exact) mass is 266 g/mol. The first kappa shape index (κ1) is 12.6. The molecular formula is C11H15ClN6. The minimum absolute atomic E-state index is 0.172. The van der Waals surface area contributed by atoms with Crippen LogP contribution in [0.5, 0.6) is 0 Å². The van der Waals surface area contributed by atoms with E-state index in [1.165, 1.54) is 0 Å². The quantitative estimate of drug-likeness (QED) is 0.831. The molecule has 6 nitrogen and oxygen atoms in total. The number of nitrogens with two attached hydrogens (primary N) is 1. The van der Waals surface area contributed by atoms with Crippen LogP contribution in [-0.2, 0) is 13.5 Å². The largest absolute Gasteiger partial charge is 0.394 e. The SMILES string of the molecule is CCc1nn(C)cc1Nc1nc(Cl)nc(C)c1N. The van der Waals surface area contributed by atoms with Crippen molar-refractivity contribution < 1.29 is 0 Å². The topological polar surface area (TPSA) is 81.7 Å². The Kier molecular flexibility index (Phi) is 3.38. The van der Waals surface area contributed by atoms with Gasteiger partial charge in [0.05, 0.1) is 22.8 Å². The second-order valence-corrected chi connectivity index (χ2v) is 4.32. The summed E-state index contributed by atoms with van der Waals surface area (Å²) in [5.41, 5.74) is 8.89. The van der Waals surface area contributed by atoms with E-state index in [4.69, 9.17) is 17.3 Å². The Morgan fingerprint density at radius 1 is 1.44 bits per heavy atom. The minimum atomic E-state index is 0.172. The third kappa shape index (κ3) is 2.38. The molecule has 0 fully saturated rings. The molecule has 0 aliphatic heterocycles. The van der Waals surface area contributed by atoms with Crippen molar-refractivity contribution in [1.82, 2.24) is 19.7 Å². The van der Waals surface area contributed by atoms with Gasteiger partial charge in [0.15, 0.2) is 5.82 Å². The van der Waals surface area contributed by atoms with Gasteiger partial charge in [0, 0.05) is 13.2 Å². The Bertz CT molecular complexity index is 577. The van der Waals surface area contributed by atoms with Crippen LogP contribution in [-0.4, -0.2) is 19.7 Å². The van der Waals surface area contributed by atoms with Crippen molar-refractivity contribution in [2.24, 2.45) is 7.05 Å². The lowest BCUT2D eigenvalue weighted by molar-refractivity contribution is 0.746. The molecular weight excluding hydrogens is 252 g/mol. The Morgan fingerprint density at radius 2 is 2.17 bits per heavy atom. The molecule has 2 aromatic rings. The van der Waals surface area contributed by atoms with Crippen molar-refractivity contribution in [3.8, 4) is 0 Å². The van der Waals surface area contributed by atoms with Gasteiger partial charge in [-0.25, -0.2) is 4.98 Å². The Balaban J connectivity index is 2.39. The summed E-state index contributed by atoms with van der Waals surface area (Å²) < 4.78 is 1.74. The smallest absolute Gasteiger partial charge is 0.224 e. The lowest BCUT2D eigenvalue weighted by Gasteiger charge is -2.09. The molecule has 0 unspecified atom stereocenters. The number of nitrogens with one attached hydrogen (secondary N) is 1. The molecule has 2 aromatic heterocycles. The van der Waals surface area contributed by atoms with E-state index in [1.807, 2.05) is 20.2 Å².